The minimum absolute atomic E-state index is 0.00431. The van der Waals surface area contributed by atoms with Gasteiger partial charge in [-0.25, -0.2) is 13.2 Å². The summed E-state index contributed by atoms with van der Waals surface area (Å²) in [5, 5.41) is 0. The van der Waals surface area contributed by atoms with Gasteiger partial charge in [0, 0.05) is 0 Å². The summed E-state index contributed by atoms with van der Waals surface area (Å²) in [6.45, 7) is 3.45. The summed E-state index contributed by atoms with van der Waals surface area (Å²) < 4.78 is 29.2. The summed E-state index contributed by atoms with van der Waals surface area (Å²) in [6, 6.07) is 0. The van der Waals surface area contributed by atoms with Crippen molar-refractivity contribution in [1.29, 1.82) is 0 Å². The second kappa shape index (κ2) is 5.94. The highest BCUT2D eigenvalue weighted by atomic mass is 32.2. The smallest absolute Gasteiger partial charge is 0.350 e. The third kappa shape index (κ3) is 2.81. The van der Waals surface area contributed by atoms with E-state index in [1.807, 2.05) is 6.92 Å². The number of hydrogen-bond acceptors (Lipinski definition) is 7. The van der Waals surface area contributed by atoms with Gasteiger partial charge in [-0.05, 0) is 5.75 Å². The second-order valence-corrected chi connectivity index (χ2v) is 8.06. The van der Waals surface area contributed by atoms with E-state index in [2.05, 4.69) is 4.74 Å². The van der Waals surface area contributed by atoms with Gasteiger partial charge in [0.15, 0.2) is 9.84 Å². The molecule has 0 spiro atoms. The van der Waals surface area contributed by atoms with Crippen molar-refractivity contribution in [2.24, 2.45) is 0 Å². The summed E-state index contributed by atoms with van der Waals surface area (Å²) in [5.41, 5.74) is 5.79. The van der Waals surface area contributed by atoms with Crippen LogP contribution in [0.3, 0.4) is 0 Å². The van der Waals surface area contributed by atoms with Crippen LogP contribution in [0.4, 0.5) is 5.69 Å². The monoisotopic (exact) mass is 309 g/mol. The molecule has 0 unspecified atom stereocenters. The number of nitrogens with two attached hydrogens (primary N) is 1. The maximum absolute atomic E-state index is 12.0. The minimum atomic E-state index is -3.45. The van der Waals surface area contributed by atoms with Gasteiger partial charge >= 0.3 is 5.97 Å². The van der Waals surface area contributed by atoms with Crippen LogP contribution in [0.15, 0.2) is 9.10 Å². The molecular weight excluding hydrogens is 294 g/mol. The lowest BCUT2D eigenvalue weighted by Crippen LogP contribution is -2.08. The number of anilines is 1. The number of nitrogen functional groups attached to an aromatic ring is 1. The van der Waals surface area contributed by atoms with Gasteiger partial charge in [-0.3, -0.25) is 0 Å². The third-order valence-corrected chi connectivity index (χ3v) is 6.61. The van der Waals surface area contributed by atoms with Crippen LogP contribution in [0.2, 0.25) is 0 Å². The quantitative estimate of drug-likeness (QED) is 0.661. The van der Waals surface area contributed by atoms with Crippen molar-refractivity contribution < 1.29 is 17.9 Å². The maximum Gasteiger partial charge on any atom is 0.350 e. The normalized spacial score (nSPS) is 11.5. The Kier molecular flexibility index (Phi) is 5.06. The Morgan fingerprint density at radius 3 is 2.50 bits per heavy atom. The van der Waals surface area contributed by atoms with E-state index in [0.717, 1.165) is 11.3 Å². The number of ether oxygens (including phenoxy) is 1. The molecule has 102 valence electrons. The Labute approximate surface area is 115 Å². The number of sulfone groups is 1. The van der Waals surface area contributed by atoms with Crippen molar-refractivity contribution in [3.05, 3.63) is 4.88 Å². The molecule has 0 fully saturated rings. The van der Waals surface area contributed by atoms with E-state index in [1.165, 1.54) is 18.9 Å². The van der Waals surface area contributed by atoms with Crippen molar-refractivity contribution in [2.45, 2.75) is 23.0 Å². The van der Waals surface area contributed by atoms with Crippen molar-refractivity contribution in [3.63, 3.8) is 0 Å². The predicted molar refractivity (Wildman–Crippen MR) is 74.2 cm³/mol. The van der Waals surface area contributed by atoms with Crippen LogP contribution in [0.1, 0.15) is 23.5 Å². The van der Waals surface area contributed by atoms with Crippen LogP contribution in [0, 0.1) is 0 Å². The molecule has 2 N–H and O–H groups in total. The van der Waals surface area contributed by atoms with Gasteiger partial charge in [0.1, 0.15) is 9.77 Å². The van der Waals surface area contributed by atoms with Gasteiger partial charge in [0.25, 0.3) is 0 Å². The topological polar surface area (TPSA) is 86.5 Å². The lowest BCUT2D eigenvalue weighted by molar-refractivity contribution is 0.0607. The largest absolute Gasteiger partial charge is 0.465 e. The van der Waals surface area contributed by atoms with E-state index >= 15 is 0 Å². The van der Waals surface area contributed by atoms with Gasteiger partial charge in [-0.15, -0.1) is 23.1 Å². The van der Waals surface area contributed by atoms with Crippen LogP contribution < -0.4 is 5.73 Å². The number of carbonyl (C=O) groups excluding carboxylic acids is 1. The van der Waals surface area contributed by atoms with Gasteiger partial charge in [0.2, 0.25) is 0 Å². The van der Waals surface area contributed by atoms with E-state index < -0.39 is 15.8 Å². The number of methoxy groups -OCH3 is 1. The summed E-state index contributed by atoms with van der Waals surface area (Å²) in [7, 11) is -2.21. The van der Waals surface area contributed by atoms with Gasteiger partial charge in [0.05, 0.1) is 22.8 Å². The highest BCUT2D eigenvalue weighted by Crippen LogP contribution is 2.41. The first-order chi connectivity index (χ1) is 8.38. The van der Waals surface area contributed by atoms with E-state index in [-0.39, 0.29) is 21.2 Å². The standard InChI is InChI=1S/C10H15NO4S3/c1-4-16-10-8(18(13,14)5-2)6(11)7(17-10)9(12)15-3/h4-5,11H2,1-3H3. The van der Waals surface area contributed by atoms with Crippen LogP contribution in [0.25, 0.3) is 0 Å². The lowest BCUT2D eigenvalue weighted by atomic mass is 10.4. The molecule has 1 aromatic rings. The highest BCUT2D eigenvalue weighted by Gasteiger charge is 2.28. The minimum Gasteiger partial charge on any atom is -0.465 e. The molecular formula is C10H15NO4S3. The molecule has 1 heterocycles. The lowest BCUT2D eigenvalue weighted by Gasteiger charge is -2.03. The molecule has 1 aromatic heterocycles. The van der Waals surface area contributed by atoms with Gasteiger partial charge < -0.3 is 10.5 Å². The van der Waals surface area contributed by atoms with Crippen LogP contribution >= 0.6 is 23.1 Å². The van der Waals surface area contributed by atoms with Crippen molar-refractivity contribution >= 4 is 44.6 Å². The Bertz CT molecular complexity index is 548. The first-order valence-corrected chi connectivity index (χ1v) is 8.70. The summed E-state index contributed by atoms with van der Waals surface area (Å²) in [6.07, 6.45) is 0. The average molecular weight is 309 g/mol. The SMILES string of the molecule is CCSc1sc(C(=O)OC)c(N)c1S(=O)(=O)CC. The molecule has 0 saturated heterocycles. The van der Waals surface area contributed by atoms with Gasteiger partial charge in [-0.1, -0.05) is 13.8 Å². The molecule has 0 aliphatic carbocycles. The molecule has 0 aliphatic heterocycles. The summed E-state index contributed by atoms with van der Waals surface area (Å²) in [4.78, 5) is 11.7. The number of thioether (sulfide) groups is 1. The maximum atomic E-state index is 12.0. The summed E-state index contributed by atoms with van der Waals surface area (Å²) in [5.74, 6) is 0.0477. The van der Waals surface area contributed by atoms with Crippen LogP contribution in [-0.2, 0) is 14.6 Å². The molecule has 0 aromatic carbocycles. The first-order valence-electron chi connectivity index (χ1n) is 5.25. The zero-order valence-corrected chi connectivity index (χ0v) is 12.8. The molecule has 0 aliphatic rings. The first kappa shape index (κ1) is 15.3. The molecule has 8 heteroatoms. The van der Waals surface area contributed by atoms with E-state index in [0.29, 0.717) is 9.96 Å². The number of rotatable bonds is 5. The predicted octanol–water partition coefficient (Wildman–Crippen LogP) is 2.02. The molecule has 18 heavy (non-hydrogen) atoms. The fourth-order valence-electron chi connectivity index (χ4n) is 1.32. The van der Waals surface area contributed by atoms with Crippen LogP contribution in [0.5, 0.6) is 0 Å². The molecule has 0 bridgehead atoms. The molecule has 0 saturated carbocycles. The average Bonchev–Trinajstić information content (AvgIpc) is 2.66. The fourth-order valence-corrected chi connectivity index (χ4v) is 5.53. The van der Waals surface area contributed by atoms with Gasteiger partial charge in [-0.2, -0.15) is 0 Å². The molecule has 1 rings (SSSR count). The number of hydrogen-bond donors (Lipinski definition) is 1. The Hall–Kier alpha value is -0.730. The zero-order chi connectivity index (χ0) is 13.9. The number of esters is 1. The van der Waals surface area contributed by atoms with E-state index in [4.69, 9.17) is 5.73 Å². The zero-order valence-electron chi connectivity index (χ0n) is 10.3. The van der Waals surface area contributed by atoms with E-state index in [1.54, 1.807) is 6.92 Å². The second-order valence-electron chi connectivity index (χ2n) is 3.29. The molecule has 0 atom stereocenters. The molecule has 0 amide bonds. The highest BCUT2D eigenvalue weighted by molar-refractivity contribution is 8.02. The van der Waals surface area contributed by atoms with Crippen molar-refractivity contribution in [2.75, 3.05) is 24.3 Å². The Morgan fingerprint density at radius 1 is 1.44 bits per heavy atom. The number of carbonyl (C=O) groups is 1. The van der Waals surface area contributed by atoms with Crippen LogP contribution in [-0.4, -0.2) is 33.0 Å². The fraction of sp³-hybridized carbons (Fsp3) is 0.500. The molecule has 0 radical (unpaired) electrons. The molecule has 5 nitrogen and oxygen atoms in total. The number of thiophene rings is 1. The third-order valence-electron chi connectivity index (χ3n) is 2.21. The van der Waals surface area contributed by atoms with E-state index in [9.17, 15) is 13.2 Å². The van der Waals surface area contributed by atoms with Crippen molar-refractivity contribution in [1.82, 2.24) is 0 Å². The summed E-state index contributed by atoms with van der Waals surface area (Å²) >= 11 is 2.43. The Balaban J connectivity index is 3.48. The van der Waals surface area contributed by atoms with Crippen molar-refractivity contribution in [3.8, 4) is 0 Å². The Morgan fingerprint density at radius 2 is 2.06 bits per heavy atom.